The molecule has 1 N–H and O–H groups in total. The molecule has 2 amide bonds. The molecule has 1 aromatic rings. The molecule has 1 aliphatic rings. The number of rotatable bonds is 3. The summed E-state index contributed by atoms with van der Waals surface area (Å²) in [5.41, 5.74) is 0.215. The first-order chi connectivity index (χ1) is 9.61. The van der Waals surface area contributed by atoms with Crippen molar-refractivity contribution < 1.29 is 19.1 Å². The smallest absolute Gasteiger partial charge is 0.367 e. The van der Waals surface area contributed by atoms with E-state index in [4.69, 9.17) is 4.74 Å². The van der Waals surface area contributed by atoms with Crippen molar-refractivity contribution in [3.8, 4) is 0 Å². The summed E-state index contributed by atoms with van der Waals surface area (Å²) in [7, 11) is 0. The number of amides is 2. The summed E-state index contributed by atoms with van der Waals surface area (Å²) in [6.45, 7) is 3.20. The van der Waals surface area contributed by atoms with E-state index in [1.165, 1.54) is 5.38 Å². The second-order valence-corrected chi connectivity index (χ2v) is 5.01. The van der Waals surface area contributed by atoms with E-state index in [1.54, 1.807) is 11.8 Å². The molecule has 0 radical (unpaired) electrons. The molecule has 108 valence electrons. The second kappa shape index (κ2) is 6.47. The van der Waals surface area contributed by atoms with Crippen molar-refractivity contribution in [3.05, 3.63) is 16.1 Å². The number of thiazole rings is 1. The number of hydrogen-bond acceptors (Lipinski definition) is 6. The van der Waals surface area contributed by atoms with Crippen LogP contribution in [0.1, 0.15) is 33.6 Å². The van der Waals surface area contributed by atoms with E-state index in [0.717, 1.165) is 11.3 Å². The Bertz CT molecular complexity index is 529. The van der Waals surface area contributed by atoms with Gasteiger partial charge in [-0.05, 0) is 6.92 Å². The Kier molecular flexibility index (Phi) is 4.67. The van der Waals surface area contributed by atoms with E-state index >= 15 is 0 Å². The summed E-state index contributed by atoms with van der Waals surface area (Å²) in [6.07, 6.45) is 0.278. The highest BCUT2D eigenvalue weighted by molar-refractivity contribution is 7.11. The molecular formula is C12H15N3O4S. The van der Waals surface area contributed by atoms with Crippen molar-refractivity contribution in [1.82, 2.24) is 15.2 Å². The molecule has 0 unspecified atom stereocenters. The van der Waals surface area contributed by atoms with Crippen LogP contribution in [0.25, 0.3) is 0 Å². The summed E-state index contributed by atoms with van der Waals surface area (Å²) >= 11 is 1.08. The van der Waals surface area contributed by atoms with Crippen LogP contribution in [0.15, 0.2) is 5.38 Å². The van der Waals surface area contributed by atoms with Gasteiger partial charge in [-0.15, -0.1) is 11.3 Å². The quantitative estimate of drug-likeness (QED) is 0.810. The molecule has 1 saturated heterocycles. The van der Waals surface area contributed by atoms with E-state index in [1.807, 2.05) is 0 Å². The van der Waals surface area contributed by atoms with Crippen LogP contribution < -0.4 is 5.32 Å². The third-order valence-electron chi connectivity index (χ3n) is 2.77. The fraction of sp³-hybridized carbons (Fsp3) is 0.500. The minimum Gasteiger partial charge on any atom is -0.461 e. The number of carbonyl (C=O) groups excluding carboxylic acids is 3. The summed E-state index contributed by atoms with van der Waals surface area (Å²) in [4.78, 5) is 40.5. The SMILES string of the molecule is CCOC(=O)c1nc(C(=O)N2CCNC(=O)CC2)cs1. The van der Waals surface area contributed by atoms with Gasteiger partial charge in [0.1, 0.15) is 5.69 Å². The zero-order valence-corrected chi connectivity index (χ0v) is 11.9. The van der Waals surface area contributed by atoms with Gasteiger partial charge in [-0.25, -0.2) is 9.78 Å². The molecule has 1 aromatic heterocycles. The summed E-state index contributed by atoms with van der Waals surface area (Å²) in [5.74, 6) is -0.858. The fourth-order valence-electron chi connectivity index (χ4n) is 1.79. The first-order valence-corrected chi connectivity index (χ1v) is 7.18. The number of nitrogens with zero attached hydrogens (tertiary/aromatic N) is 2. The molecule has 2 rings (SSSR count). The molecule has 20 heavy (non-hydrogen) atoms. The molecule has 0 aromatic carbocycles. The van der Waals surface area contributed by atoms with Gasteiger partial charge < -0.3 is 15.0 Å². The van der Waals surface area contributed by atoms with E-state index in [9.17, 15) is 14.4 Å². The second-order valence-electron chi connectivity index (χ2n) is 4.15. The number of nitrogens with one attached hydrogen (secondary N) is 1. The van der Waals surface area contributed by atoms with Crippen LogP contribution in [0.2, 0.25) is 0 Å². The molecule has 2 heterocycles. The monoisotopic (exact) mass is 297 g/mol. The topological polar surface area (TPSA) is 88.6 Å². The maximum Gasteiger partial charge on any atom is 0.367 e. The molecule has 0 atom stereocenters. The van der Waals surface area contributed by atoms with Gasteiger partial charge >= 0.3 is 5.97 Å². The maximum absolute atomic E-state index is 12.2. The Morgan fingerprint density at radius 3 is 3.05 bits per heavy atom. The highest BCUT2D eigenvalue weighted by Crippen LogP contribution is 2.13. The van der Waals surface area contributed by atoms with Gasteiger partial charge in [0, 0.05) is 31.4 Å². The lowest BCUT2D eigenvalue weighted by Crippen LogP contribution is -2.34. The van der Waals surface area contributed by atoms with E-state index < -0.39 is 5.97 Å². The molecule has 7 nitrogen and oxygen atoms in total. The zero-order chi connectivity index (χ0) is 14.5. The average Bonchev–Trinajstić information content (AvgIpc) is 2.82. The Labute approximate surface area is 119 Å². The first-order valence-electron chi connectivity index (χ1n) is 6.30. The number of hydrogen-bond donors (Lipinski definition) is 1. The van der Waals surface area contributed by atoms with Crippen LogP contribution in [-0.4, -0.2) is 53.9 Å². The van der Waals surface area contributed by atoms with Crippen molar-refractivity contribution >= 4 is 29.1 Å². The third-order valence-corrected chi connectivity index (χ3v) is 3.60. The summed E-state index contributed by atoms with van der Waals surface area (Å²) in [5, 5.41) is 4.40. The summed E-state index contributed by atoms with van der Waals surface area (Å²) < 4.78 is 4.83. The molecule has 0 bridgehead atoms. The van der Waals surface area contributed by atoms with Gasteiger partial charge in [0.2, 0.25) is 10.9 Å². The van der Waals surface area contributed by atoms with Crippen LogP contribution in [0.3, 0.4) is 0 Å². The molecule has 1 aliphatic heterocycles. The standard InChI is InChI=1S/C12H15N3O4S/c1-2-19-12(18)10-14-8(7-20-10)11(17)15-5-3-9(16)13-4-6-15/h7H,2-6H2,1H3,(H,13,16). The van der Waals surface area contributed by atoms with Gasteiger partial charge in [0.25, 0.3) is 5.91 Å². The highest BCUT2D eigenvalue weighted by Gasteiger charge is 2.23. The number of esters is 1. The van der Waals surface area contributed by atoms with Gasteiger partial charge in [0.15, 0.2) is 0 Å². The average molecular weight is 297 g/mol. The minimum absolute atomic E-state index is 0.0641. The zero-order valence-electron chi connectivity index (χ0n) is 11.0. The Hall–Kier alpha value is -1.96. The molecule has 8 heteroatoms. The molecular weight excluding hydrogens is 282 g/mol. The predicted octanol–water partition coefficient (Wildman–Crippen LogP) is 0.282. The normalized spacial score (nSPS) is 15.4. The summed E-state index contributed by atoms with van der Waals surface area (Å²) in [6, 6.07) is 0. The van der Waals surface area contributed by atoms with Crippen molar-refractivity contribution in [1.29, 1.82) is 0 Å². The van der Waals surface area contributed by atoms with Crippen molar-refractivity contribution in [3.63, 3.8) is 0 Å². The van der Waals surface area contributed by atoms with E-state index in [0.29, 0.717) is 19.6 Å². The molecule has 0 saturated carbocycles. The third kappa shape index (κ3) is 3.32. The van der Waals surface area contributed by atoms with E-state index in [2.05, 4.69) is 10.3 Å². The van der Waals surface area contributed by atoms with Crippen LogP contribution in [0, 0.1) is 0 Å². The number of carbonyl (C=O) groups is 3. The predicted molar refractivity (Wildman–Crippen MR) is 71.6 cm³/mol. The van der Waals surface area contributed by atoms with Crippen LogP contribution in [0.5, 0.6) is 0 Å². The first kappa shape index (κ1) is 14.4. The Balaban J connectivity index is 2.05. The van der Waals surface area contributed by atoms with Crippen LogP contribution in [-0.2, 0) is 9.53 Å². The van der Waals surface area contributed by atoms with E-state index in [-0.39, 0.29) is 35.5 Å². The Morgan fingerprint density at radius 2 is 2.30 bits per heavy atom. The van der Waals surface area contributed by atoms with Crippen molar-refractivity contribution in [2.24, 2.45) is 0 Å². The lowest BCUT2D eigenvalue weighted by Gasteiger charge is -2.17. The lowest BCUT2D eigenvalue weighted by atomic mass is 10.3. The maximum atomic E-state index is 12.2. The molecule has 0 spiro atoms. The Morgan fingerprint density at radius 1 is 1.50 bits per heavy atom. The van der Waals surface area contributed by atoms with Gasteiger partial charge in [-0.1, -0.05) is 0 Å². The van der Waals surface area contributed by atoms with Gasteiger partial charge in [0.05, 0.1) is 6.61 Å². The van der Waals surface area contributed by atoms with Gasteiger partial charge in [-0.2, -0.15) is 0 Å². The minimum atomic E-state index is -0.524. The molecule has 0 aliphatic carbocycles. The number of ether oxygens (including phenoxy) is 1. The van der Waals surface area contributed by atoms with Crippen molar-refractivity contribution in [2.75, 3.05) is 26.2 Å². The molecule has 1 fully saturated rings. The van der Waals surface area contributed by atoms with Gasteiger partial charge in [-0.3, -0.25) is 9.59 Å². The lowest BCUT2D eigenvalue weighted by molar-refractivity contribution is -0.120. The van der Waals surface area contributed by atoms with Crippen LogP contribution in [0.4, 0.5) is 0 Å². The highest BCUT2D eigenvalue weighted by atomic mass is 32.1. The largest absolute Gasteiger partial charge is 0.461 e. The van der Waals surface area contributed by atoms with Crippen molar-refractivity contribution in [2.45, 2.75) is 13.3 Å². The van der Waals surface area contributed by atoms with Crippen LogP contribution >= 0.6 is 11.3 Å². The fourth-order valence-corrected chi connectivity index (χ4v) is 2.47. The number of aromatic nitrogens is 1.